The summed E-state index contributed by atoms with van der Waals surface area (Å²) in [6.45, 7) is 0. The first-order valence-electron chi connectivity index (χ1n) is 16.8. The van der Waals surface area contributed by atoms with Gasteiger partial charge in [0.05, 0.1) is 0 Å². The van der Waals surface area contributed by atoms with Crippen molar-refractivity contribution in [3.05, 3.63) is 170 Å². The Morgan fingerprint density at radius 3 is 1.44 bits per heavy atom. The quantitative estimate of drug-likeness (QED) is 0.172. The fraction of sp³-hybridized carbons (Fsp3) is 0. The summed E-state index contributed by atoms with van der Waals surface area (Å²) in [6.07, 6.45) is 0. The molecule has 0 aromatic heterocycles. The first kappa shape index (κ1) is 25.9. The van der Waals surface area contributed by atoms with Gasteiger partial charge in [-0.05, 0) is 127 Å². The largest absolute Gasteiger partial charge is 0.0616 e. The summed E-state index contributed by atoms with van der Waals surface area (Å²) in [5.41, 5.74) is 10.3. The molecule has 1 aliphatic rings. The van der Waals surface area contributed by atoms with E-state index >= 15 is 0 Å². The molecule has 0 amide bonds. The molecule has 10 aromatic carbocycles. The van der Waals surface area contributed by atoms with Gasteiger partial charge in [-0.2, -0.15) is 0 Å². The van der Waals surface area contributed by atoms with Crippen LogP contribution in [0.4, 0.5) is 0 Å². The van der Waals surface area contributed by atoms with Crippen molar-refractivity contribution in [3.63, 3.8) is 0 Å². The molecule has 0 bridgehead atoms. The maximum Gasteiger partial charge on any atom is -0.00199 e. The van der Waals surface area contributed by atoms with E-state index in [-0.39, 0.29) is 0 Å². The molecule has 0 aliphatic heterocycles. The van der Waals surface area contributed by atoms with Gasteiger partial charge in [0.15, 0.2) is 0 Å². The van der Waals surface area contributed by atoms with Crippen LogP contribution in [0, 0.1) is 0 Å². The van der Waals surface area contributed by atoms with Crippen molar-refractivity contribution in [3.8, 4) is 44.5 Å². The average molecular weight is 605 g/mol. The standard InChI is InChI=1S/C48H28/c1-2-9-34-31(8-1)20-23-41-43-15-7-14-42-40-25-22-33(27-45(40)47(48(42)43)28-46(34)41)30-18-16-29(17-19-30)32-21-24-39-37-12-4-3-10-35(37)36-11-5-6-13-38(36)44(39)26-32/h1-28H. The molecular formula is C48H28. The van der Waals surface area contributed by atoms with Crippen LogP contribution in [0.3, 0.4) is 0 Å². The molecule has 0 N–H and O–H groups in total. The van der Waals surface area contributed by atoms with Crippen molar-refractivity contribution in [2.45, 2.75) is 0 Å². The van der Waals surface area contributed by atoms with Crippen LogP contribution >= 0.6 is 0 Å². The van der Waals surface area contributed by atoms with Gasteiger partial charge in [0.25, 0.3) is 0 Å². The van der Waals surface area contributed by atoms with E-state index in [9.17, 15) is 0 Å². The maximum absolute atomic E-state index is 2.44. The lowest BCUT2D eigenvalue weighted by atomic mass is 9.91. The molecule has 1 aliphatic carbocycles. The Balaban J connectivity index is 1.03. The number of fused-ring (bicyclic) bond motifs is 13. The second-order valence-corrected chi connectivity index (χ2v) is 13.2. The minimum atomic E-state index is 1.23. The molecule has 10 aromatic rings. The summed E-state index contributed by atoms with van der Waals surface area (Å²) < 4.78 is 0. The van der Waals surface area contributed by atoms with Gasteiger partial charge in [-0.25, -0.2) is 0 Å². The van der Waals surface area contributed by atoms with Crippen LogP contribution in [0.15, 0.2) is 170 Å². The molecule has 0 atom stereocenters. The monoisotopic (exact) mass is 604 g/mol. The molecule has 48 heavy (non-hydrogen) atoms. The van der Waals surface area contributed by atoms with Crippen molar-refractivity contribution in [2.24, 2.45) is 0 Å². The van der Waals surface area contributed by atoms with Crippen LogP contribution in [0.2, 0.25) is 0 Å². The maximum atomic E-state index is 2.44. The molecule has 0 heteroatoms. The molecule has 0 saturated carbocycles. The lowest BCUT2D eigenvalue weighted by molar-refractivity contribution is 1.60. The summed E-state index contributed by atoms with van der Waals surface area (Å²) >= 11 is 0. The Morgan fingerprint density at radius 1 is 0.208 bits per heavy atom. The van der Waals surface area contributed by atoms with Crippen LogP contribution < -0.4 is 0 Å². The van der Waals surface area contributed by atoms with Gasteiger partial charge >= 0.3 is 0 Å². The summed E-state index contributed by atoms with van der Waals surface area (Å²) in [4.78, 5) is 0. The lowest BCUT2D eigenvalue weighted by Crippen LogP contribution is -1.86. The number of hydrogen-bond acceptors (Lipinski definition) is 0. The molecule has 11 rings (SSSR count). The van der Waals surface area contributed by atoms with Gasteiger partial charge in [0.1, 0.15) is 0 Å². The van der Waals surface area contributed by atoms with E-state index in [0.29, 0.717) is 0 Å². The second-order valence-electron chi connectivity index (χ2n) is 13.2. The summed E-state index contributed by atoms with van der Waals surface area (Å²) in [6, 6.07) is 63.2. The first-order valence-corrected chi connectivity index (χ1v) is 16.8. The van der Waals surface area contributed by atoms with E-state index in [0.717, 1.165) is 0 Å². The van der Waals surface area contributed by atoms with Crippen LogP contribution in [-0.4, -0.2) is 0 Å². The van der Waals surface area contributed by atoms with Crippen molar-refractivity contribution in [1.29, 1.82) is 0 Å². The minimum absolute atomic E-state index is 1.23. The highest BCUT2D eigenvalue weighted by atomic mass is 14.3. The van der Waals surface area contributed by atoms with Crippen LogP contribution in [0.25, 0.3) is 109 Å². The molecule has 0 fully saturated rings. The van der Waals surface area contributed by atoms with Gasteiger partial charge in [0.2, 0.25) is 0 Å². The topological polar surface area (TPSA) is 0 Å². The molecule has 0 spiro atoms. The van der Waals surface area contributed by atoms with Crippen molar-refractivity contribution in [1.82, 2.24) is 0 Å². The molecule has 0 heterocycles. The van der Waals surface area contributed by atoms with Gasteiger partial charge in [-0.3, -0.25) is 0 Å². The first-order chi connectivity index (χ1) is 23.8. The van der Waals surface area contributed by atoms with E-state index in [4.69, 9.17) is 0 Å². The third-order valence-corrected chi connectivity index (χ3v) is 10.8. The zero-order valence-corrected chi connectivity index (χ0v) is 26.2. The van der Waals surface area contributed by atoms with E-state index in [2.05, 4.69) is 170 Å². The molecular weight excluding hydrogens is 577 g/mol. The van der Waals surface area contributed by atoms with E-state index in [1.54, 1.807) is 0 Å². The van der Waals surface area contributed by atoms with E-state index in [1.807, 2.05) is 0 Å². The molecule has 0 nitrogen and oxygen atoms in total. The lowest BCUT2D eigenvalue weighted by Gasteiger charge is -2.12. The van der Waals surface area contributed by atoms with Crippen molar-refractivity contribution in [2.75, 3.05) is 0 Å². The zero-order valence-electron chi connectivity index (χ0n) is 26.2. The molecule has 0 saturated heterocycles. The minimum Gasteiger partial charge on any atom is -0.0616 e. The second kappa shape index (κ2) is 9.64. The Bertz CT molecular complexity index is 2940. The molecule has 0 radical (unpaired) electrons. The van der Waals surface area contributed by atoms with Crippen LogP contribution in [0.5, 0.6) is 0 Å². The average Bonchev–Trinajstić information content (AvgIpc) is 3.48. The predicted molar refractivity (Wildman–Crippen MR) is 207 cm³/mol. The summed E-state index contributed by atoms with van der Waals surface area (Å²) in [7, 11) is 0. The van der Waals surface area contributed by atoms with Gasteiger partial charge in [-0.1, -0.05) is 152 Å². The number of benzene rings is 10. The van der Waals surface area contributed by atoms with Gasteiger partial charge in [-0.15, -0.1) is 0 Å². The van der Waals surface area contributed by atoms with E-state index in [1.165, 1.54) is 109 Å². The Morgan fingerprint density at radius 2 is 0.708 bits per heavy atom. The fourth-order valence-electron chi connectivity index (χ4n) is 8.53. The highest BCUT2D eigenvalue weighted by Gasteiger charge is 2.23. The Kier molecular flexibility index (Phi) is 5.20. The molecule has 0 unspecified atom stereocenters. The highest BCUT2D eigenvalue weighted by molar-refractivity contribution is 6.28. The third kappa shape index (κ3) is 3.55. The molecule has 220 valence electrons. The normalized spacial score (nSPS) is 12.2. The zero-order chi connectivity index (χ0) is 31.3. The smallest absolute Gasteiger partial charge is 0.00199 e. The number of rotatable bonds is 2. The Labute approximate surface area is 278 Å². The van der Waals surface area contributed by atoms with Crippen LogP contribution in [-0.2, 0) is 0 Å². The van der Waals surface area contributed by atoms with E-state index < -0.39 is 0 Å². The summed E-state index contributed by atoms with van der Waals surface area (Å²) in [5.74, 6) is 0. The van der Waals surface area contributed by atoms with Gasteiger partial charge in [0, 0.05) is 0 Å². The van der Waals surface area contributed by atoms with Gasteiger partial charge < -0.3 is 0 Å². The van der Waals surface area contributed by atoms with Crippen molar-refractivity contribution < 1.29 is 0 Å². The Hall–Kier alpha value is -6.24. The third-order valence-electron chi connectivity index (χ3n) is 10.8. The summed E-state index contributed by atoms with van der Waals surface area (Å²) in [5, 5.41) is 15.8. The van der Waals surface area contributed by atoms with Crippen molar-refractivity contribution >= 4 is 64.6 Å². The SMILES string of the molecule is c1ccc2c(c1)ccc1c3cccc4c3c(cc21)-c1cc(-c2ccc(-c3ccc5c6ccccc6c6ccccc6c5c3)cc2)ccc1-4. The predicted octanol–water partition coefficient (Wildman–Crippen LogP) is 13.6. The van der Waals surface area contributed by atoms with Crippen LogP contribution in [0.1, 0.15) is 0 Å². The number of hydrogen-bond donors (Lipinski definition) is 0. The highest BCUT2D eigenvalue weighted by Crippen LogP contribution is 2.51. The fourth-order valence-corrected chi connectivity index (χ4v) is 8.53.